The van der Waals surface area contributed by atoms with Crippen molar-refractivity contribution in [3.63, 3.8) is 0 Å². The van der Waals surface area contributed by atoms with Crippen LogP contribution in [0.1, 0.15) is 11.1 Å². The van der Waals surface area contributed by atoms with E-state index in [-0.39, 0.29) is 5.56 Å². The molecule has 0 amide bonds. The van der Waals surface area contributed by atoms with Crippen LogP contribution in [0.2, 0.25) is 0 Å². The van der Waals surface area contributed by atoms with Crippen molar-refractivity contribution in [2.75, 3.05) is 5.73 Å². The van der Waals surface area contributed by atoms with Crippen LogP contribution in [0.3, 0.4) is 0 Å². The zero-order valence-electron chi connectivity index (χ0n) is 13.0. The lowest BCUT2D eigenvalue weighted by atomic mass is 10.2. The second-order valence-corrected chi connectivity index (χ2v) is 5.90. The quantitative estimate of drug-likeness (QED) is 0.734. The van der Waals surface area contributed by atoms with E-state index >= 15 is 0 Å². The summed E-state index contributed by atoms with van der Waals surface area (Å²) in [6, 6.07) is 16.9. The topological polar surface area (TPSA) is 52.9 Å². The van der Waals surface area contributed by atoms with Crippen LogP contribution in [0.4, 0.5) is 5.82 Å². The van der Waals surface area contributed by atoms with Gasteiger partial charge < -0.3 is 5.73 Å². The molecule has 0 aliphatic rings. The average Bonchev–Trinajstić information content (AvgIpc) is 2.47. The number of nitrogens with two attached hydrogens (primary N) is 1. The number of hydrogen-bond donors (Lipinski definition) is 1. The molecule has 0 saturated heterocycles. The molecule has 0 atom stereocenters. The second kappa shape index (κ2) is 5.85. The predicted molar refractivity (Wildman–Crippen MR) is 96.1 cm³/mol. The summed E-state index contributed by atoms with van der Waals surface area (Å²) in [7, 11) is 0. The van der Waals surface area contributed by atoms with Crippen molar-refractivity contribution in [1.82, 2.24) is 9.13 Å². The van der Waals surface area contributed by atoms with E-state index in [1.165, 1.54) is 10.6 Å². The molecule has 0 unspecified atom stereocenters. The molecule has 2 N–H and O–H groups in total. The van der Waals surface area contributed by atoms with Crippen LogP contribution in [-0.2, 0) is 0 Å². The van der Waals surface area contributed by atoms with Gasteiger partial charge in [0.1, 0.15) is 5.82 Å². The lowest BCUT2D eigenvalue weighted by Gasteiger charge is -2.15. The maximum absolute atomic E-state index is 12.4. The SMILES string of the molecule is Cc1cccc(-n2c(N)cc(=O)n(-c3cccc(C)c3)c2=S)c1. The molecule has 0 aliphatic heterocycles. The van der Waals surface area contributed by atoms with E-state index in [9.17, 15) is 4.79 Å². The number of nitrogens with zero attached hydrogens (tertiary/aromatic N) is 2. The molecule has 23 heavy (non-hydrogen) atoms. The maximum atomic E-state index is 12.4. The number of anilines is 1. The Morgan fingerprint density at radius 2 is 1.39 bits per heavy atom. The number of aromatic nitrogens is 2. The van der Waals surface area contributed by atoms with Crippen LogP contribution in [0.25, 0.3) is 11.4 Å². The molecule has 3 rings (SSSR count). The van der Waals surface area contributed by atoms with Gasteiger partial charge in [-0.1, -0.05) is 24.3 Å². The minimum absolute atomic E-state index is 0.234. The van der Waals surface area contributed by atoms with Gasteiger partial charge in [-0.3, -0.25) is 13.9 Å². The third-order valence-electron chi connectivity index (χ3n) is 3.65. The molecule has 1 aromatic heterocycles. The molecule has 0 saturated carbocycles. The summed E-state index contributed by atoms with van der Waals surface area (Å²) in [6.07, 6.45) is 0. The number of rotatable bonds is 2. The van der Waals surface area contributed by atoms with Gasteiger partial charge >= 0.3 is 0 Å². The van der Waals surface area contributed by atoms with Gasteiger partial charge in [-0.15, -0.1) is 0 Å². The molecule has 3 aromatic rings. The maximum Gasteiger partial charge on any atom is 0.260 e. The zero-order chi connectivity index (χ0) is 16.6. The third-order valence-corrected chi connectivity index (χ3v) is 4.02. The van der Waals surface area contributed by atoms with Crippen LogP contribution < -0.4 is 11.3 Å². The van der Waals surface area contributed by atoms with Crippen LogP contribution in [0.5, 0.6) is 0 Å². The summed E-state index contributed by atoms with van der Waals surface area (Å²) in [5.74, 6) is 0.328. The van der Waals surface area contributed by atoms with E-state index < -0.39 is 0 Å². The molecule has 0 radical (unpaired) electrons. The molecular weight excluding hydrogens is 306 g/mol. The fourth-order valence-corrected chi connectivity index (χ4v) is 3.00. The normalized spacial score (nSPS) is 10.7. The Labute approximate surface area is 139 Å². The first-order valence-corrected chi connectivity index (χ1v) is 7.67. The molecular formula is C18H17N3OS. The van der Waals surface area contributed by atoms with Gasteiger partial charge in [-0.2, -0.15) is 0 Å². The van der Waals surface area contributed by atoms with Crippen molar-refractivity contribution in [3.8, 4) is 11.4 Å². The van der Waals surface area contributed by atoms with Crippen LogP contribution in [-0.4, -0.2) is 9.13 Å². The monoisotopic (exact) mass is 323 g/mol. The molecule has 1 heterocycles. The van der Waals surface area contributed by atoms with E-state index in [0.29, 0.717) is 10.6 Å². The first-order valence-electron chi connectivity index (χ1n) is 7.26. The highest BCUT2D eigenvalue weighted by Gasteiger charge is 2.10. The smallest absolute Gasteiger partial charge is 0.260 e. The number of aryl methyl sites for hydroxylation is 2. The van der Waals surface area contributed by atoms with Gasteiger partial charge in [0.25, 0.3) is 5.56 Å². The zero-order valence-corrected chi connectivity index (χ0v) is 13.8. The van der Waals surface area contributed by atoms with E-state index in [1.54, 1.807) is 4.57 Å². The largest absolute Gasteiger partial charge is 0.385 e. The van der Waals surface area contributed by atoms with Gasteiger partial charge in [0, 0.05) is 6.07 Å². The Hall–Kier alpha value is -2.66. The summed E-state index contributed by atoms with van der Waals surface area (Å²) >= 11 is 5.56. The van der Waals surface area contributed by atoms with Crippen molar-refractivity contribution >= 4 is 18.0 Å². The van der Waals surface area contributed by atoms with Gasteiger partial charge in [0.15, 0.2) is 4.77 Å². The molecule has 116 valence electrons. The van der Waals surface area contributed by atoms with Crippen LogP contribution in [0, 0.1) is 18.6 Å². The van der Waals surface area contributed by atoms with Crippen molar-refractivity contribution in [2.24, 2.45) is 0 Å². The Balaban J connectivity index is 2.34. The first kappa shape index (κ1) is 15.2. The Morgan fingerprint density at radius 3 is 1.91 bits per heavy atom. The molecule has 4 nitrogen and oxygen atoms in total. The van der Waals surface area contributed by atoms with Gasteiger partial charge in [0.05, 0.1) is 11.4 Å². The fraction of sp³-hybridized carbons (Fsp3) is 0.111. The summed E-state index contributed by atoms with van der Waals surface area (Å²) in [5, 5.41) is 0. The highest BCUT2D eigenvalue weighted by molar-refractivity contribution is 7.71. The highest BCUT2D eigenvalue weighted by atomic mass is 32.1. The summed E-state index contributed by atoms with van der Waals surface area (Å²) in [5.41, 5.74) is 9.56. The molecule has 0 spiro atoms. The van der Waals surface area contributed by atoms with Gasteiger partial charge in [-0.25, -0.2) is 0 Å². The molecule has 2 aromatic carbocycles. The summed E-state index contributed by atoms with van der Waals surface area (Å²) in [4.78, 5) is 12.4. The molecule has 0 bridgehead atoms. The number of nitrogen functional groups attached to an aromatic ring is 1. The summed E-state index contributed by atoms with van der Waals surface area (Å²) < 4.78 is 3.57. The van der Waals surface area contributed by atoms with Gasteiger partial charge in [0.2, 0.25) is 0 Å². The Bertz CT molecular complexity index is 1000. The van der Waals surface area contributed by atoms with Crippen molar-refractivity contribution in [1.29, 1.82) is 0 Å². The third kappa shape index (κ3) is 2.83. The van der Waals surface area contributed by atoms with Crippen LogP contribution >= 0.6 is 12.2 Å². The van der Waals surface area contributed by atoms with Crippen LogP contribution in [0.15, 0.2) is 59.4 Å². The minimum Gasteiger partial charge on any atom is -0.385 e. The lowest BCUT2D eigenvalue weighted by Crippen LogP contribution is -2.24. The van der Waals surface area contributed by atoms with Crippen molar-refractivity contribution in [2.45, 2.75) is 13.8 Å². The second-order valence-electron chi connectivity index (χ2n) is 5.54. The number of hydrogen-bond acceptors (Lipinski definition) is 3. The van der Waals surface area contributed by atoms with E-state index in [1.807, 2.05) is 62.4 Å². The minimum atomic E-state index is -0.234. The molecule has 5 heteroatoms. The molecule has 0 aliphatic carbocycles. The highest BCUT2D eigenvalue weighted by Crippen LogP contribution is 2.17. The predicted octanol–water partition coefficient (Wildman–Crippen LogP) is 3.56. The van der Waals surface area contributed by atoms with Crippen molar-refractivity contribution in [3.05, 3.63) is 80.8 Å². The lowest BCUT2D eigenvalue weighted by molar-refractivity contribution is 0.847. The number of benzene rings is 2. The standard InChI is InChI=1S/C18H17N3OS/c1-12-5-3-7-14(9-12)20-16(19)11-17(22)21(18(20)23)15-8-4-6-13(2)10-15/h3-11H,19H2,1-2H3. The molecule has 0 fully saturated rings. The average molecular weight is 323 g/mol. The summed E-state index contributed by atoms with van der Waals surface area (Å²) in [6.45, 7) is 3.98. The Kier molecular flexibility index (Phi) is 3.88. The van der Waals surface area contributed by atoms with Gasteiger partial charge in [-0.05, 0) is 61.5 Å². The van der Waals surface area contributed by atoms with E-state index in [2.05, 4.69) is 0 Å². The van der Waals surface area contributed by atoms with E-state index in [0.717, 1.165) is 22.5 Å². The first-order chi connectivity index (χ1) is 11.0. The van der Waals surface area contributed by atoms with E-state index in [4.69, 9.17) is 18.0 Å². The fourth-order valence-electron chi connectivity index (χ4n) is 2.59. The Morgan fingerprint density at radius 1 is 0.870 bits per heavy atom. The van der Waals surface area contributed by atoms with Crippen molar-refractivity contribution < 1.29 is 0 Å².